The van der Waals surface area contributed by atoms with Crippen molar-refractivity contribution in [3.63, 3.8) is 0 Å². The van der Waals surface area contributed by atoms with Crippen LogP contribution in [0.2, 0.25) is 0 Å². The van der Waals surface area contributed by atoms with Crippen molar-refractivity contribution in [2.45, 2.75) is 6.92 Å². The van der Waals surface area contributed by atoms with Crippen LogP contribution < -0.4 is 5.73 Å². The molecule has 1 aromatic heterocycles. The predicted molar refractivity (Wildman–Crippen MR) is 76.3 cm³/mol. The molecule has 2 aromatic carbocycles. The number of hydrogen-bond donors (Lipinski definition) is 1. The van der Waals surface area contributed by atoms with Gasteiger partial charge in [0, 0.05) is 22.8 Å². The second-order valence-electron chi connectivity index (χ2n) is 4.56. The van der Waals surface area contributed by atoms with E-state index in [0.717, 1.165) is 22.0 Å². The zero-order valence-corrected chi connectivity index (χ0v) is 10.5. The number of aryl methyl sites for hydroxylation is 1. The molecule has 0 fully saturated rings. The van der Waals surface area contributed by atoms with Crippen LogP contribution in [0.3, 0.4) is 0 Å². The summed E-state index contributed by atoms with van der Waals surface area (Å²) in [5.74, 6) is -0.261. The second-order valence-corrected chi connectivity index (χ2v) is 4.56. The number of fused-ring (bicyclic) bond motifs is 1. The number of nitrogens with zero attached hydrogens (tertiary/aromatic N) is 1. The number of nitrogen functional groups attached to an aromatic ring is 1. The van der Waals surface area contributed by atoms with E-state index in [-0.39, 0.29) is 5.82 Å². The van der Waals surface area contributed by atoms with E-state index in [1.807, 2.05) is 30.3 Å². The van der Waals surface area contributed by atoms with Gasteiger partial charge >= 0.3 is 0 Å². The summed E-state index contributed by atoms with van der Waals surface area (Å²) < 4.78 is 14.2. The van der Waals surface area contributed by atoms with Gasteiger partial charge in [0.1, 0.15) is 5.82 Å². The molecule has 0 radical (unpaired) electrons. The fourth-order valence-electron chi connectivity index (χ4n) is 2.23. The van der Waals surface area contributed by atoms with Crippen molar-refractivity contribution < 1.29 is 4.39 Å². The Morgan fingerprint density at radius 3 is 2.74 bits per heavy atom. The van der Waals surface area contributed by atoms with E-state index in [9.17, 15) is 4.39 Å². The van der Waals surface area contributed by atoms with Crippen molar-refractivity contribution >= 4 is 16.6 Å². The summed E-state index contributed by atoms with van der Waals surface area (Å²) in [6, 6.07) is 12.6. The largest absolute Gasteiger partial charge is 0.398 e. The molecular weight excluding hydrogens is 239 g/mol. The Labute approximate surface area is 110 Å². The van der Waals surface area contributed by atoms with E-state index in [1.165, 1.54) is 6.07 Å². The smallest absolute Gasteiger partial charge is 0.131 e. The molecule has 0 saturated carbocycles. The van der Waals surface area contributed by atoms with Gasteiger partial charge in [0.2, 0.25) is 0 Å². The van der Waals surface area contributed by atoms with E-state index in [1.54, 1.807) is 19.2 Å². The van der Waals surface area contributed by atoms with Crippen molar-refractivity contribution in [1.29, 1.82) is 0 Å². The molecule has 2 N–H and O–H groups in total. The normalized spacial score (nSPS) is 10.8. The molecule has 2 nitrogen and oxygen atoms in total. The van der Waals surface area contributed by atoms with Crippen LogP contribution in [-0.2, 0) is 0 Å². The summed E-state index contributed by atoms with van der Waals surface area (Å²) in [4.78, 5) is 4.28. The van der Waals surface area contributed by atoms with Gasteiger partial charge in [-0.05, 0) is 42.3 Å². The molecule has 0 aliphatic heterocycles. The quantitative estimate of drug-likeness (QED) is 0.666. The van der Waals surface area contributed by atoms with Gasteiger partial charge in [0.05, 0.1) is 5.52 Å². The second kappa shape index (κ2) is 4.35. The Balaban J connectivity index is 2.33. The van der Waals surface area contributed by atoms with Crippen LogP contribution in [0.1, 0.15) is 5.56 Å². The molecule has 0 bridgehead atoms. The van der Waals surface area contributed by atoms with E-state index >= 15 is 0 Å². The maximum atomic E-state index is 14.2. The lowest BCUT2D eigenvalue weighted by Gasteiger charge is -2.10. The summed E-state index contributed by atoms with van der Waals surface area (Å²) in [5.41, 5.74) is 9.41. The molecule has 3 heteroatoms. The van der Waals surface area contributed by atoms with E-state index in [4.69, 9.17) is 5.73 Å². The number of anilines is 1. The summed E-state index contributed by atoms with van der Waals surface area (Å²) in [7, 11) is 0. The lowest BCUT2D eigenvalue weighted by atomic mass is 9.98. The SMILES string of the molecule is Cc1cc(F)c(-c2cccc3ncccc23)cc1N. The minimum absolute atomic E-state index is 0.261. The first-order valence-electron chi connectivity index (χ1n) is 6.06. The maximum absolute atomic E-state index is 14.2. The molecule has 0 amide bonds. The van der Waals surface area contributed by atoms with Gasteiger partial charge in [-0.25, -0.2) is 4.39 Å². The molecule has 0 aliphatic carbocycles. The summed E-state index contributed by atoms with van der Waals surface area (Å²) in [6.07, 6.45) is 1.73. The Kier molecular flexibility index (Phi) is 2.67. The third-order valence-electron chi connectivity index (χ3n) is 3.29. The molecule has 0 spiro atoms. The molecule has 0 atom stereocenters. The first kappa shape index (κ1) is 11.7. The summed E-state index contributed by atoms with van der Waals surface area (Å²) in [5, 5.41) is 0.923. The molecule has 3 aromatic rings. The lowest BCUT2D eigenvalue weighted by molar-refractivity contribution is 0.630. The van der Waals surface area contributed by atoms with Crippen molar-refractivity contribution in [1.82, 2.24) is 4.98 Å². The van der Waals surface area contributed by atoms with E-state index in [2.05, 4.69) is 4.98 Å². The highest BCUT2D eigenvalue weighted by atomic mass is 19.1. The zero-order chi connectivity index (χ0) is 13.4. The van der Waals surface area contributed by atoms with Crippen LogP contribution in [-0.4, -0.2) is 4.98 Å². The molecule has 0 aliphatic rings. The van der Waals surface area contributed by atoms with Gasteiger partial charge in [-0.3, -0.25) is 4.98 Å². The fourth-order valence-corrected chi connectivity index (χ4v) is 2.23. The van der Waals surface area contributed by atoms with Crippen molar-refractivity contribution in [2.24, 2.45) is 0 Å². The van der Waals surface area contributed by atoms with Crippen molar-refractivity contribution in [2.75, 3.05) is 5.73 Å². The Hall–Kier alpha value is -2.42. The molecule has 19 heavy (non-hydrogen) atoms. The maximum Gasteiger partial charge on any atom is 0.131 e. The topological polar surface area (TPSA) is 38.9 Å². The number of nitrogens with two attached hydrogens (primary N) is 1. The van der Waals surface area contributed by atoms with Crippen LogP contribution in [0.15, 0.2) is 48.7 Å². The van der Waals surface area contributed by atoms with Crippen molar-refractivity contribution in [3.8, 4) is 11.1 Å². The minimum atomic E-state index is -0.261. The van der Waals surface area contributed by atoms with Gasteiger partial charge in [-0.2, -0.15) is 0 Å². The molecule has 0 saturated heterocycles. The molecular formula is C16H13FN2. The van der Waals surface area contributed by atoms with Crippen molar-refractivity contribution in [3.05, 3.63) is 60.0 Å². The van der Waals surface area contributed by atoms with E-state index < -0.39 is 0 Å². The van der Waals surface area contributed by atoms with Gasteiger partial charge in [0.25, 0.3) is 0 Å². The van der Waals surface area contributed by atoms with Gasteiger partial charge < -0.3 is 5.73 Å². The first-order chi connectivity index (χ1) is 9.16. The number of benzene rings is 2. The third kappa shape index (κ3) is 1.93. The minimum Gasteiger partial charge on any atom is -0.398 e. The number of hydrogen-bond acceptors (Lipinski definition) is 2. The van der Waals surface area contributed by atoms with Crippen LogP contribution in [0.25, 0.3) is 22.0 Å². The number of rotatable bonds is 1. The van der Waals surface area contributed by atoms with Gasteiger partial charge in [0.15, 0.2) is 0 Å². The Bertz CT molecular complexity index is 761. The average molecular weight is 252 g/mol. The van der Waals surface area contributed by atoms with Gasteiger partial charge in [-0.15, -0.1) is 0 Å². The van der Waals surface area contributed by atoms with Crippen LogP contribution in [0.4, 0.5) is 10.1 Å². The third-order valence-corrected chi connectivity index (χ3v) is 3.29. The van der Waals surface area contributed by atoms with Gasteiger partial charge in [-0.1, -0.05) is 18.2 Å². The van der Waals surface area contributed by atoms with Crippen LogP contribution in [0.5, 0.6) is 0 Å². The van der Waals surface area contributed by atoms with E-state index in [0.29, 0.717) is 11.3 Å². The Morgan fingerprint density at radius 2 is 1.89 bits per heavy atom. The number of halogens is 1. The van der Waals surface area contributed by atoms with Crippen LogP contribution >= 0.6 is 0 Å². The highest BCUT2D eigenvalue weighted by Gasteiger charge is 2.10. The highest BCUT2D eigenvalue weighted by Crippen LogP contribution is 2.32. The van der Waals surface area contributed by atoms with Crippen LogP contribution in [0, 0.1) is 12.7 Å². The predicted octanol–water partition coefficient (Wildman–Crippen LogP) is 3.93. The fraction of sp³-hybridized carbons (Fsp3) is 0.0625. The first-order valence-corrected chi connectivity index (χ1v) is 6.06. The monoisotopic (exact) mass is 252 g/mol. The lowest BCUT2D eigenvalue weighted by Crippen LogP contribution is -1.94. The number of pyridine rings is 1. The standard InChI is InChI=1S/C16H13FN2/c1-10-8-14(17)13(9-15(10)18)11-4-2-6-16-12(11)5-3-7-19-16/h2-9H,18H2,1H3. The summed E-state index contributed by atoms with van der Waals surface area (Å²) >= 11 is 0. The molecule has 94 valence electrons. The Morgan fingerprint density at radius 1 is 1.05 bits per heavy atom. The summed E-state index contributed by atoms with van der Waals surface area (Å²) in [6.45, 7) is 1.80. The molecule has 3 rings (SSSR count). The molecule has 0 unspecified atom stereocenters. The average Bonchev–Trinajstić information content (AvgIpc) is 2.42. The highest BCUT2D eigenvalue weighted by molar-refractivity contribution is 5.95. The zero-order valence-electron chi connectivity index (χ0n) is 10.5. The molecule has 1 heterocycles. The number of aromatic nitrogens is 1.